The first-order valence-corrected chi connectivity index (χ1v) is 21.8. The lowest BCUT2D eigenvalue weighted by atomic mass is 9.93. The highest BCUT2D eigenvalue weighted by atomic mass is 79.9. The minimum Gasteiger partial charge on any atom is -0.444 e. The Morgan fingerprint density at radius 2 is 1.63 bits per heavy atom. The van der Waals surface area contributed by atoms with Gasteiger partial charge in [-0.15, -0.1) is 0 Å². The van der Waals surface area contributed by atoms with Crippen LogP contribution in [-0.2, 0) is 29.4 Å². The van der Waals surface area contributed by atoms with Gasteiger partial charge in [-0.05, 0) is 71.3 Å². The van der Waals surface area contributed by atoms with E-state index in [1.54, 1.807) is 48.2 Å². The molecule has 0 radical (unpaired) electrons. The quantitative estimate of drug-likeness (QED) is 0.229. The Kier molecular flexibility index (Phi) is 14.4. The predicted molar refractivity (Wildman–Crippen MR) is 205 cm³/mol. The van der Waals surface area contributed by atoms with Crippen LogP contribution in [0.4, 0.5) is 9.18 Å². The van der Waals surface area contributed by atoms with Crippen molar-refractivity contribution in [2.75, 3.05) is 51.6 Å². The molecule has 2 amide bonds. The van der Waals surface area contributed by atoms with Crippen molar-refractivity contribution in [1.82, 2.24) is 19.4 Å². The lowest BCUT2D eigenvalue weighted by molar-refractivity contribution is -0.135. The predicted octanol–water partition coefficient (Wildman–Crippen LogP) is 6.42. The van der Waals surface area contributed by atoms with Crippen LogP contribution in [-0.4, -0.2) is 112 Å². The average molecular weight is 848 g/mol. The fraction of sp³-hybridized carbons (Fsp3) is 0.556. The highest BCUT2D eigenvalue weighted by Crippen LogP contribution is 2.38. The van der Waals surface area contributed by atoms with E-state index in [4.69, 9.17) is 16.3 Å². The summed E-state index contributed by atoms with van der Waals surface area (Å²) in [4.78, 5) is 29.2. The minimum absolute atomic E-state index is 0.0229. The number of hydrogen-bond donors (Lipinski definition) is 1. The number of sulfone groups is 1. The van der Waals surface area contributed by atoms with Gasteiger partial charge in [-0.2, -0.15) is 4.31 Å². The van der Waals surface area contributed by atoms with Gasteiger partial charge >= 0.3 is 6.09 Å². The van der Waals surface area contributed by atoms with Gasteiger partial charge in [0.2, 0.25) is 10.0 Å². The molecule has 288 valence electrons. The van der Waals surface area contributed by atoms with E-state index in [2.05, 4.69) is 26.1 Å². The number of nitrogens with one attached hydrogen (secondary N) is 1. The Morgan fingerprint density at radius 3 is 2.27 bits per heavy atom. The molecule has 0 aromatic heterocycles. The number of piperazine rings is 1. The number of ether oxygens (including phenoxy) is 1. The third-order valence-electron chi connectivity index (χ3n) is 9.01. The molecule has 0 saturated carbocycles. The van der Waals surface area contributed by atoms with Gasteiger partial charge in [-0.3, -0.25) is 9.69 Å². The molecular weight excluding hydrogens is 799 g/mol. The normalized spacial score (nSPS) is 18.3. The number of sulfonamides is 1. The lowest BCUT2D eigenvalue weighted by Gasteiger charge is -2.35. The van der Waals surface area contributed by atoms with Gasteiger partial charge < -0.3 is 15.0 Å². The standard InChI is InChI=1S/C36H49BrClFN4O7S2/c1-27(14-25-51(46,47)24-9-5-8-17-41-20-22-42(23-21-41)34(45)50-35(2,3)4)40-33(44)36(39)15-18-43(19-16-36)52(48,49)32-13-12-28(37)26-30(32)29-10-6-7-11-31(29)38/h6-7,10-14,25-27H,5,8-9,15-24H2,1-4H3,(H,40,44)/b25-14-/t27-/m1/s1. The van der Waals surface area contributed by atoms with Gasteiger partial charge in [0.05, 0.1) is 10.6 Å². The van der Waals surface area contributed by atoms with E-state index in [1.807, 2.05) is 20.8 Å². The van der Waals surface area contributed by atoms with E-state index in [0.29, 0.717) is 46.6 Å². The summed E-state index contributed by atoms with van der Waals surface area (Å²) in [6, 6.07) is 10.9. The topological polar surface area (TPSA) is 133 Å². The maximum atomic E-state index is 15.9. The van der Waals surface area contributed by atoms with Crippen LogP contribution < -0.4 is 5.32 Å². The summed E-state index contributed by atoms with van der Waals surface area (Å²) in [5.74, 6) is -0.962. The molecule has 2 aliphatic rings. The van der Waals surface area contributed by atoms with Crippen molar-refractivity contribution < 1.29 is 35.6 Å². The maximum Gasteiger partial charge on any atom is 0.410 e. The van der Waals surface area contributed by atoms with Gasteiger partial charge in [0.15, 0.2) is 15.5 Å². The second kappa shape index (κ2) is 17.7. The van der Waals surface area contributed by atoms with Gasteiger partial charge in [0.25, 0.3) is 5.91 Å². The Bertz CT molecular complexity index is 1820. The molecule has 2 aromatic carbocycles. The summed E-state index contributed by atoms with van der Waals surface area (Å²) in [5.41, 5.74) is -1.92. The van der Waals surface area contributed by atoms with Gasteiger partial charge in [0.1, 0.15) is 5.60 Å². The molecule has 52 heavy (non-hydrogen) atoms. The molecule has 1 atom stereocenters. The summed E-state index contributed by atoms with van der Waals surface area (Å²) in [6.45, 7) is 10.1. The van der Waals surface area contributed by atoms with Crippen molar-refractivity contribution in [3.05, 3.63) is 63.4 Å². The van der Waals surface area contributed by atoms with Crippen molar-refractivity contribution in [2.24, 2.45) is 0 Å². The zero-order chi connectivity index (χ0) is 38.3. The summed E-state index contributed by atoms with van der Waals surface area (Å²) in [6.07, 6.45) is 2.31. The highest BCUT2D eigenvalue weighted by molar-refractivity contribution is 9.10. The molecule has 0 aliphatic carbocycles. The zero-order valence-corrected chi connectivity index (χ0v) is 34.1. The molecule has 4 rings (SSSR count). The van der Waals surface area contributed by atoms with Crippen molar-refractivity contribution in [1.29, 1.82) is 0 Å². The fourth-order valence-corrected chi connectivity index (χ4v) is 9.49. The lowest BCUT2D eigenvalue weighted by Crippen LogP contribution is -2.53. The van der Waals surface area contributed by atoms with Crippen LogP contribution in [0.2, 0.25) is 5.02 Å². The maximum absolute atomic E-state index is 15.9. The zero-order valence-electron chi connectivity index (χ0n) is 30.1. The van der Waals surface area contributed by atoms with Crippen molar-refractivity contribution in [3.8, 4) is 11.1 Å². The number of benzene rings is 2. The molecule has 0 bridgehead atoms. The molecule has 11 nitrogen and oxygen atoms in total. The number of piperidine rings is 1. The van der Waals surface area contributed by atoms with Gasteiger partial charge in [0, 0.05) is 84.2 Å². The molecule has 2 aliphatic heterocycles. The van der Waals surface area contributed by atoms with Gasteiger partial charge in [-0.25, -0.2) is 26.0 Å². The Labute approximate surface area is 321 Å². The molecule has 16 heteroatoms. The number of carbonyl (C=O) groups is 2. The number of hydrogen-bond acceptors (Lipinski definition) is 8. The van der Waals surface area contributed by atoms with Crippen LogP contribution in [0.15, 0.2) is 63.3 Å². The summed E-state index contributed by atoms with van der Waals surface area (Å²) < 4.78 is 75.9. The number of rotatable bonds is 13. The molecule has 2 heterocycles. The largest absolute Gasteiger partial charge is 0.444 e. The number of halogens is 3. The van der Waals surface area contributed by atoms with E-state index < -0.39 is 43.1 Å². The fourth-order valence-electron chi connectivity index (χ4n) is 6.05. The minimum atomic E-state index is -4.07. The Hall–Kier alpha value is -2.56. The van der Waals surface area contributed by atoms with Crippen LogP contribution in [0, 0.1) is 0 Å². The number of carbonyl (C=O) groups excluding carboxylic acids is 2. The third-order valence-corrected chi connectivity index (χ3v) is 13.2. The molecule has 2 aromatic rings. The molecule has 2 fully saturated rings. The summed E-state index contributed by atoms with van der Waals surface area (Å²) in [5, 5.41) is 3.97. The second-order valence-electron chi connectivity index (χ2n) is 14.3. The number of nitrogens with zero attached hydrogens (tertiary/aromatic N) is 3. The van der Waals surface area contributed by atoms with Crippen LogP contribution in [0.25, 0.3) is 11.1 Å². The molecule has 1 N–H and O–H groups in total. The van der Waals surface area contributed by atoms with Gasteiger partial charge in [-0.1, -0.05) is 58.2 Å². The molecule has 2 saturated heterocycles. The monoisotopic (exact) mass is 846 g/mol. The molecule has 0 unspecified atom stereocenters. The van der Waals surface area contributed by atoms with Crippen molar-refractivity contribution >= 4 is 59.4 Å². The first-order chi connectivity index (χ1) is 24.3. The van der Waals surface area contributed by atoms with E-state index in [0.717, 1.165) is 31.5 Å². The first kappa shape index (κ1) is 42.2. The van der Waals surface area contributed by atoms with E-state index >= 15 is 4.39 Å². The molecular formula is C36H49BrClFN4O7S2. The van der Waals surface area contributed by atoms with Crippen LogP contribution in [0.1, 0.15) is 59.8 Å². The number of amides is 2. The van der Waals surface area contributed by atoms with E-state index in [-0.39, 0.29) is 42.7 Å². The van der Waals surface area contributed by atoms with Crippen LogP contribution in [0.3, 0.4) is 0 Å². The smallest absolute Gasteiger partial charge is 0.410 e. The SMILES string of the molecule is C[C@H](/C=C\S(=O)(=O)CCCCCN1CCN(C(=O)OC(C)(C)C)CC1)NC(=O)C1(F)CCN(S(=O)(=O)c2ccc(Br)cc2-c2ccccc2Cl)CC1. The van der Waals surface area contributed by atoms with Crippen molar-refractivity contribution in [3.63, 3.8) is 0 Å². The van der Waals surface area contributed by atoms with Crippen LogP contribution in [0.5, 0.6) is 0 Å². The first-order valence-electron chi connectivity index (χ1n) is 17.5. The highest BCUT2D eigenvalue weighted by Gasteiger charge is 2.45. The van der Waals surface area contributed by atoms with Crippen LogP contribution >= 0.6 is 27.5 Å². The number of unbranched alkanes of at least 4 members (excludes halogenated alkanes) is 2. The molecule has 0 spiro atoms. The second-order valence-corrected chi connectivity index (χ2v) is 19.6. The van der Waals surface area contributed by atoms with E-state index in [1.165, 1.54) is 16.4 Å². The third kappa shape index (κ3) is 11.7. The van der Waals surface area contributed by atoms with Crippen molar-refractivity contribution in [2.45, 2.75) is 82.0 Å². The average Bonchev–Trinajstić information content (AvgIpc) is 3.07. The Balaban J connectivity index is 1.20. The summed E-state index contributed by atoms with van der Waals surface area (Å²) >= 11 is 9.79. The Morgan fingerprint density at radius 1 is 0.981 bits per heavy atom. The summed E-state index contributed by atoms with van der Waals surface area (Å²) in [7, 11) is -7.62. The van der Waals surface area contributed by atoms with E-state index in [9.17, 15) is 26.4 Å². The number of alkyl halides is 1.